The number of piperazine rings is 1. The number of fused-ring (bicyclic) bond motifs is 1. The second kappa shape index (κ2) is 10.5. The molecule has 0 unspecified atom stereocenters. The number of likely N-dealkylation sites (tertiary alicyclic amines) is 1. The summed E-state index contributed by atoms with van der Waals surface area (Å²) in [5, 5.41) is 0. The van der Waals surface area contributed by atoms with Crippen LogP contribution in [-0.4, -0.2) is 88.7 Å². The van der Waals surface area contributed by atoms with Gasteiger partial charge < -0.3 is 14.5 Å². The molecule has 1 aromatic heterocycles. The second-order valence-electron chi connectivity index (χ2n) is 9.04. The van der Waals surface area contributed by atoms with Crippen molar-refractivity contribution < 1.29 is 14.3 Å². The summed E-state index contributed by atoms with van der Waals surface area (Å²) in [6, 6.07) is 1.70. The maximum Gasteiger partial charge on any atom is 0.409 e. The van der Waals surface area contributed by atoms with E-state index in [2.05, 4.69) is 4.90 Å². The molecule has 0 saturated carbocycles. The fourth-order valence-corrected chi connectivity index (χ4v) is 4.98. The summed E-state index contributed by atoms with van der Waals surface area (Å²) < 4.78 is 6.89. The van der Waals surface area contributed by atoms with Crippen molar-refractivity contribution in [3.8, 4) is 0 Å². The Morgan fingerprint density at radius 3 is 2.62 bits per heavy atom. The van der Waals surface area contributed by atoms with Crippen LogP contribution in [0.1, 0.15) is 56.5 Å². The van der Waals surface area contributed by atoms with Crippen LogP contribution in [-0.2, 0) is 22.5 Å². The summed E-state index contributed by atoms with van der Waals surface area (Å²) in [5.41, 5.74) is 0.901. The Labute approximate surface area is 189 Å². The average Bonchev–Trinajstić information content (AvgIpc) is 3.06. The van der Waals surface area contributed by atoms with Gasteiger partial charge in [-0.15, -0.1) is 0 Å². The van der Waals surface area contributed by atoms with Gasteiger partial charge in [-0.05, 0) is 32.6 Å². The van der Waals surface area contributed by atoms with Crippen LogP contribution < -0.4 is 5.56 Å². The van der Waals surface area contributed by atoms with E-state index in [1.165, 1.54) is 0 Å². The molecule has 3 aliphatic heterocycles. The lowest BCUT2D eigenvalue weighted by atomic mass is 9.94. The zero-order chi connectivity index (χ0) is 22.5. The lowest BCUT2D eigenvalue weighted by Crippen LogP contribution is -2.52. The van der Waals surface area contributed by atoms with E-state index in [0.717, 1.165) is 63.1 Å². The number of nitrogens with zero attached hydrogens (tertiary/aromatic N) is 5. The highest BCUT2D eigenvalue weighted by Crippen LogP contribution is 2.26. The van der Waals surface area contributed by atoms with Gasteiger partial charge in [0.25, 0.3) is 5.56 Å². The molecule has 2 amide bonds. The maximum atomic E-state index is 13.0. The van der Waals surface area contributed by atoms with Gasteiger partial charge in [0.05, 0.1) is 18.8 Å². The number of rotatable bonds is 4. The minimum absolute atomic E-state index is 0.0508. The fourth-order valence-electron chi connectivity index (χ4n) is 4.98. The molecule has 2 saturated heterocycles. The predicted molar refractivity (Wildman–Crippen MR) is 120 cm³/mol. The van der Waals surface area contributed by atoms with Gasteiger partial charge in [-0.25, -0.2) is 9.78 Å². The van der Waals surface area contributed by atoms with E-state index >= 15 is 0 Å². The van der Waals surface area contributed by atoms with Gasteiger partial charge in [0.2, 0.25) is 5.91 Å². The zero-order valence-electron chi connectivity index (χ0n) is 19.1. The molecular formula is C23H35N5O4. The molecule has 32 heavy (non-hydrogen) atoms. The summed E-state index contributed by atoms with van der Waals surface area (Å²) in [6.07, 6.45) is 5.71. The molecule has 0 radical (unpaired) electrons. The summed E-state index contributed by atoms with van der Waals surface area (Å²) in [7, 11) is 0. The highest BCUT2D eigenvalue weighted by Gasteiger charge is 2.29. The van der Waals surface area contributed by atoms with Crippen LogP contribution in [0.4, 0.5) is 4.79 Å². The summed E-state index contributed by atoms with van der Waals surface area (Å²) in [5.74, 6) is 1.15. The van der Waals surface area contributed by atoms with Gasteiger partial charge in [0.15, 0.2) is 0 Å². The fraction of sp³-hybridized carbons (Fsp3) is 0.739. The number of carbonyl (C=O) groups excluding carboxylic acids is 2. The SMILES string of the molecule is CCOC(=O)N1CCN(CC(=O)N2CCC[C@@H](c3cc(=O)n4c(n3)CCCCC4)C2)CC1. The van der Waals surface area contributed by atoms with Gasteiger partial charge in [0, 0.05) is 64.2 Å². The maximum absolute atomic E-state index is 13.0. The molecule has 176 valence electrons. The molecule has 4 rings (SSSR count). The van der Waals surface area contributed by atoms with Crippen LogP contribution in [0.3, 0.4) is 0 Å². The number of hydrogen-bond acceptors (Lipinski definition) is 6. The summed E-state index contributed by atoms with van der Waals surface area (Å²) in [4.78, 5) is 48.1. The molecule has 1 atom stereocenters. The van der Waals surface area contributed by atoms with E-state index in [-0.39, 0.29) is 23.5 Å². The second-order valence-corrected chi connectivity index (χ2v) is 9.04. The number of hydrogen-bond donors (Lipinski definition) is 0. The molecule has 4 heterocycles. The van der Waals surface area contributed by atoms with Crippen molar-refractivity contribution in [2.45, 2.75) is 57.9 Å². The van der Waals surface area contributed by atoms with Crippen LogP contribution in [0.25, 0.3) is 0 Å². The highest BCUT2D eigenvalue weighted by molar-refractivity contribution is 5.78. The molecular weight excluding hydrogens is 410 g/mol. The third kappa shape index (κ3) is 5.31. The Balaban J connectivity index is 1.34. The van der Waals surface area contributed by atoms with Crippen molar-refractivity contribution in [3.05, 3.63) is 27.9 Å². The lowest BCUT2D eigenvalue weighted by Gasteiger charge is -2.37. The summed E-state index contributed by atoms with van der Waals surface area (Å²) in [6.45, 7) is 7.19. The monoisotopic (exact) mass is 445 g/mol. The minimum Gasteiger partial charge on any atom is -0.450 e. The van der Waals surface area contributed by atoms with Gasteiger partial charge in [-0.3, -0.25) is 19.1 Å². The van der Waals surface area contributed by atoms with Crippen molar-refractivity contribution in [2.24, 2.45) is 0 Å². The van der Waals surface area contributed by atoms with Gasteiger partial charge >= 0.3 is 6.09 Å². The van der Waals surface area contributed by atoms with Crippen LogP contribution in [0, 0.1) is 0 Å². The number of aryl methyl sites for hydroxylation is 1. The first-order chi connectivity index (χ1) is 15.5. The first-order valence-electron chi connectivity index (χ1n) is 12.1. The number of amides is 2. The van der Waals surface area contributed by atoms with E-state index < -0.39 is 0 Å². The standard InChI is InChI=1S/C23H35N5O4/c1-2-32-23(31)26-13-11-25(12-14-26)17-22(30)27-9-6-7-18(16-27)19-15-21(29)28-10-5-3-4-8-20(28)24-19/h15,18H,2-14,16-17H2,1H3/t18-/m1/s1. The molecule has 0 aliphatic carbocycles. The topological polar surface area (TPSA) is 88.0 Å². The van der Waals surface area contributed by atoms with Crippen LogP contribution in [0.15, 0.2) is 10.9 Å². The molecule has 9 nitrogen and oxygen atoms in total. The smallest absolute Gasteiger partial charge is 0.409 e. The highest BCUT2D eigenvalue weighted by atomic mass is 16.6. The van der Waals surface area contributed by atoms with Crippen molar-refractivity contribution in [3.63, 3.8) is 0 Å². The average molecular weight is 446 g/mol. The van der Waals surface area contributed by atoms with Crippen LogP contribution in [0.2, 0.25) is 0 Å². The van der Waals surface area contributed by atoms with E-state index in [0.29, 0.717) is 45.9 Å². The first-order valence-corrected chi connectivity index (χ1v) is 12.1. The molecule has 9 heteroatoms. The van der Waals surface area contributed by atoms with Crippen molar-refractivity contribution in [2.75, 3.05) is 52.4 Å². The number of ether oxygens (including phenoxy) is 1. The van der Waals surface area contributed by atoms with E-state index in [1.54, 1.807) is 17.9 Å². The minimum atomic E-state index is -0.276. The predicted octanol–water partition coefficient (Wildman–Crippen LogP) is 1.45. The number of piperidine rings is 1. The van der Waals surface area contributed by atoms with Crippen molar-refractivity contribution in [1.82, 2.24) is 24.3 Å². The Morgan fingerprint density at radius 1 is 1.03 bits per heavy atom. The quantitative estimate of drug-likeness (QED) is 0.697. The van der Waals surface area contributed by atoms with E-state index in [4.69, 9.17) is 9.72 Å². The van der Waals surface area contributed by atoms with E-state index in [1.807, 2.05) is 9.47 Å². The molecule has 0 bridgehead atoms. The van der Waals surface area contributed by atoms with Gasteiger partial charge in [0.1, 0.15) is 5.82 Å². The number of carbonyl (C=O) groups is 2. The number of aromatic nitrogens is 2. The van der Waals surface area contributed by atoms with Crippen molar-refractivity contribution >= 4 is 12.0 Å². The van der Waals surface area contributed by atoms with Crippen LogP contribution >= 0.6 is 0 Å². The Kier molecular flexibility index (Phi) is 7.44. The Hall–Kier alpha value is -2.42. The van der Waals surface area contributed by atoms with E-state index in [9.17, 15) is 14.4 Å². The molecule has 0 spiro atoms. The molecule has 1 aromatic rings. The third-order valence-electron chi connectivity index (χ3n) is 6.84. The largest absolute Gasteiger partial charge is 0.450 e. The normalized spacial score (nSPS) is 22.2. The first kappa shape index (κ1) is 22.8. The Bertz CT molecular complexity index is 878. The lowest BCUT2D eigenvalue weighted by molar-refractivity contribution is -0.134. The molecule has 2 fully saturated rings. The summed E-state index contributed by atoms with van der Waals surface area (Å²) >= 11 is 0. The van der Waals surface area contributed by atoms with Gasteiger partial charge in [-0.2, -0.15) is 0 Å². The van der Waals surface area contributed by atoms with Gasteiger partial charge in [-0.1, -0.05) is 6.42 Å². The molecule has 0 N–H and O–H groups in total. The third-order valence-corrected chi connectivity index (χ3v) is 6.84. The zero-order valence-corrected chi connectivity index (χ0v) is 19.1. The molecule has 0 aromatic carbocycles. The Morgan fingerprint density at radius 2 is 1.84 bits per heavy atom. The molecule has 3 aliphatic rings. The van der Waals surface area contributed by atoms with Crippen LogP contribution in [0.5, 0.6) is 0 Å². The van der Waals surface area contributed by atoms with Crippen molar-refractivity contribution in [1.29, 1.82) is 0 Å².